The van der Waals surface area contributed by atoms with Gasteiger partial charge in [0.25, 0.3) is 11.9 Å². The van der Waals surface area contributed by atoms with Crippen LogP contribution in [0.3, 0.4) is 0 Å². The van der Waals surface area contributed by atoms with E-state index in [1.54, 1.807) is 0 Å². The smallest absolute Gasteiger partial charge is 0.300 e. The van der Waals surface area contributed by atoms with E-state index in [1.165, 1.54) is 0 Å². The molecule has 0 aliphatic heterocycles. The van der Waals surface area contributed by atoms with E-state index in [9.17, 15) is 0 Å². The van der Waals surface area contributed by atoms with E-state index in [1.807, 2.05) is 0 Å². The summed E-state index contributed by atoms with van der Waals surface area (Å²) in [5.41, 5.74) is 0. The third kappa shape index (κ3) is 22.3. The van der Waals surface area contributed by atoms with Crippen LogP contribution in [0.2, 0.25) is 0 Å². The van der Waals surface area contributed by atoms with Crippen molar-refractivity contribution in [3.8, 4) is 0 Å². The monoisotopic (exact) mass is 429 g/mol. The van der Waals surface area contributed by atoms with Gasteiger partial charge in [-0.2, -0.15) is 0 Å². The van der Waals surface area contributed by atoms with Gasteiger partial charge in [-0.3, -0.25) is 9.59 Å². The van der Waals surface area contributed by atoms with Gasteiger partial charge in [-0.1, -0.05) is 0 Å². The first kappa shape index (κ1) is 30.0. The van der Waals surface area contributed by atoms with Crippen molar-refractivity contribution >= 4 is 19.9 Å². The van der Waals surface area contributed by atoms with Gasteiger partial charge in [-0.05, 0) is 62.3 Å². The summed E-state index contributed by atoms with van der Waals surface area (Å²) in [6, 6.07) is 0. The Kier molecular flexibility index (Phi) is 15.7. The molecule has 0 atom stereocenters. The van der Waals surface area contributed by atoms with Crippen LogP contribution in [-0.2, 0) is 30.0 Å². The summed E-state index contributed by atoms with van der Waals surface area (Å²) in [6.45, 7) is 23.8. The molecule has 0 bridgehead atoms. The Morgan fingerprint density at radius 1 is 0.636 bits per heavy atom. The first-order valence-electron chi connectivity index (χ1n) is 7.11. The molecule has 0 fully saturated rings. The molecular formula is C16H36O4PPd+. The second-order valence-electron chi connectivity index (χ2n) is 8.16. The molecule has 0 radical (unpaired) electrons. The van der Waals surface area contributed by atoms with Crippen LogP contribution in [-0.4, -0.2) is 37.6 Å². The number of aliphatic carboxylic acids is 2. The van der Waals surface area contributed by atoms with Crippen LogP contribution in [0, 0.1) is 0 Å². The molecule has 0 aliphatic carbocycles. The topological polar surface area (TPSA) is 74.6 Å². The Hall–Kier alpha value is 0.0323. The Balaban J connectivity index is -0.000000150. The van der Waals surface area contributed by atoms with Crippen LogP contribution in [0.15, 0.2) is 0 Å². The fraction of sp³-hybridized carbons (Fsp3) is 0.875. The van der Waals surface area contributed by atoms with Gasteiger partial charge < -0.3 is 10.2 Å². The molecule has 0 aromatic carbocycles. The zero-order valence-corrected chi connectivity index (χ0v) is 18.6. The zero-order valence-electron chi connectivity index (χ0n) is 16.0. The van der Waals surface area contributed by atoms with Crippen molar-refractivity contribution < 1.29 is 40.2 Å². The Morgan fingerprint density at radius 3 is 0.727 bits per heavy atom. The minimum atomic E-state index is -0.833. The predicted molar refractivity (Wildman–Crippen MR) is 94.2 cm³/mol. The first-order valence-corrected chi connectivity index (χ1v) is 8.61. The molecule has 0 saturated heterocycles. The molecule has 0 heterocycles. The van der Waals surface area contributed by atoms with E-state index in [2.05, 4.69) is 62.3 Å². The first-order chi connectivity index (χ1) is 8.83. The van der Waals surface area contributed by atoms with Crippen LogP contribution in [0.25, 0.3) is 0 Å². The maximum Gasteiger partial charge on any atom is 0.300 e. The van der Waals surface area contributed by atoms with Crippen LogP contribution in [0.1, 0.15) is 76.2 Å². The summed E-state index contributed by atoms with van der Waals surface area (Å²) < 4.78 is 0. The van der Waals surface area contributed by atoms with E-state index < -0.39 is 19.9 Å². The van der Waals surface area contributed by atoms with E-state index >= 15 is 0 Å². The molecule has 0 rings (SSSR count). The molecule has 0 unspecified atom stereocenters. The van der Waals surface area contributed by atoms with Crippen molar-refractivity contribution in [2.24, 2.45) is 0 Å². The average Bonchev–Trinajstić information content (AvgIpc) is 1.88. The minimum absolute atomic E-state index is 0. The summed E-state index contributed by atoms with van der Waals surface area (Å²) in [6.07, 6.45) is 0. The summed E-state index contributed by atoms with van der Waals surface area (Å²) in [4.78, 5) is 18.0. The summed E-state index contributed by atoms with van der Waals surface area (Å²) in [7, 11) is -0.391. The van der Waals surface area contributed by atoms with E-state index in [-0.39, 0.29) is 20.4 Å². The maximum atomic E-state index is 9.00. The number of carboxylic acid groups (broad SMARTS) is 2. The molecule has 138 valence electrons. The zero-order chi connectivity index (χ0) is 18.2. The van der Waals surface area contributed by atoms with Gasteiger partial charge >= 0.3 is 0 Å². The summed E-state index contributed by atoms with van der Waals surface area (Å²) >= 11 is 0. The largest absolute Gasteiger partial charge is 0.481 e. The van der Waals surface area contributed by atoms with Gasteiger partial charge in [-0.15, -0.1) is 0 Å². The van der Waals surface area contributed by atoms with Crippen LogP contribution < -0.4 is 0 Å². The van der Waals surface area contributed by atoms with E-state index in [4.69, 9.17) is 19.8 Å². The van der Waals surface area contributed by atoms with E-state index in [0.29, 0.717) is 15.5 Å². The predicted octanol–water partition coefficient (Wildman–Crippen LogP) is 4.78. The van der Waals surface area contributed by atoms with Crippen LogP contribution in [0.5, 0.6) is 0 Å². The van der Waals surface area contributed by atoms with Gasteiger partial charge in [0, 0.05) is 42.2 Å². The minimum Gasteiger partial charge on any atom is -0.481 e. The standard InChI is InChI=1S/C12H27P.2C2H4O2.Pd/c1-10(2,3)13(11(4,5)6)12(7,8)9;2*1-2(3)4;/h1-9H3;2*1H3,(H,3,4);/p+1. The second kappa shape index (κ2) is 11.6. The number of carbonyl (C=O) groups is 2. The van der Waals surface area contributed by atoms with Crippen LogP contribution >= 0.6 is 7.92 Å². The SMILES string of the molecule is CC(=O)O.CC(=O)O.CC(C)(C)[PH+](C(C)(C)C)C(C)(C)C.[Pd]. The maximum absolute atomic E-state index is 9.00. The Bertz CT molecular complexity index is 269. The summed E-state index contributed by atoms with van der Waals surface area (Å²) in [5, 5.41) is 16.3. The molecule has 2 N–H and O–H groups in total. The molecular weight excluding hydrogens is 394 g/mol. The van der Waals surface area contributed by atoms with Crippen molar-refractivity contribution in [3.05, 3.63) is 0 Å². The quantitative estimate of drug-likeness (QED) is 0.429. The molecule has 22 heavy (non-hydrogen) atoms. The molecule has 0 aliphatic rings. The normalized spacial score (nSPS) is 11.3. The number of carboxylic acids is 2. The summed E-state index contributed by atoms with van der Waals surface area (Å²) in [5.74, 6) is -1.67. The third-order valence-electron chi connectivity index (χ3n) is 2.25. The van der Waals surface area contributed by atoms with Gasteiger partial charge in [0.2, 0.25) is 0 Å². The van der Waals surface area contributed by atoms with Gasteiger partial charge in [0.15, 0.2) is 0 Å². The fourth-order valence-corrected chi connectivity index (χ4v) is 10.1. The molecule has 4 nitrogen and oxygen atoms in total. The van der Waals surface area contributed by atoms with Crippen LogP contribution in [0.4, 0.5) is 0 Å². The van der Waals surface area contributed by atoms with Crippen molar-refractivity contribution in [1.29, 1.82) is 0 Å². The molecule has 6 heteroatoms. The van der Waals surface area contributed by atoms with Crippen molar-refractivity contribution in [3.63, 3.8) is 0 Å². The fourth-order valence-electron chi connectivity index (χ4n) is 3.38. The molecule has 0 spiro atoms. The van der Waals surface area contributed by atoms with Gasteiger partial charge in [0.05, 0.1) is 15.5 Å². The second-order valence-corrected chi connectivity index (χ2v) is 13.4. The molecule has 0 amide bonds. The average molecular weight is 430 g/mol. The Morgan fingerprint density at radius 2 is 0.727 bits per heavy atom. The van der Waals surface area contributed by atoms with Crippen molar-refractivity contribution in [2.45, 2.75) is 91.6 Å². The van der Waals surface area contributed by atoms with Crippen molar-refractivity contribution in [1.82, 2.24) is 0 Å². The van der Waals surface area contributed by atoms with Gasteiger partial charge in [-0.25, -0.2) is 0 Å². The third-order valence-corrected chi connectivity index (χ3v) is 6.75. The van der Waals surface area contributed by atoms with Crippen molar-refractivity contribution in [2.75, 3.05) is 0 Å². The number of hydrogen-bond donors (Lipinski definition) is 2. The number of rotatable bonds is 0. The molecule has 0 aromatic heterocycles. The molecule has 0 saturated carbocycles. The van der Waals surface area contributed by atoms with Gasteiger partial charge in [0.1, 0.15) is 0 Å². The van der Waals surface area contributed by atoms with E-state index in [0.717, 1.165) is 13.8 Å². The Labute approximate surface area is 151 Å². The molecule has 0 aromatic rings. The number of hydrogen-bond acceptors (Lipinski definition) is 2.